The van der Waals surface area contributed by atoms with E-state index in [1.165, 1.54) is 18.5 Å². The first kappa shape index (κ1) is 41.6. The molecular weight excluding hydrogens is 711 g/mol. The van der Waals surface area contributed by atoms with E-state index in [0.29, 0.717) is 39.5 Å². The number of methoxy groups -OCH3 is 1. The summed E-state index contributed by atoms with van der Waals surface area (Å²) in [7, 11) is 0.655. The molecule has 0 bridgehead atoms. The van der Waals surface area contributed by atoms with E-state index >= 15 is 0 Å². The van der Waals surface area contributed by atoms with E-state index in [9.17, 15) is 13.2 Å². The molecule has 12 nitrogen and oxygen atoms in total. The first-order valence-electron chi connectivity index (χ1n) is 18.8. The molecule has 3 aromatic rings. The number of anilines is 1. The minimum atomic E-state index is -4.00. The summed E-state index contributed by atoms with van der Waals surface area (Å²) >= 11 is 0. The molecule has 1 saturated heterocycles. The van der Waals surface area contributed by atoms with Gasteiger partial charge in [0.05, 0.1) is 56.3 Å². The monoisotopic (exact) mass is 767 g/mol. The number of nitrogens with zero attached hydrogens (tertiary/aromatic N) is 3. The van der Waals surface area contributed by atoms with Crippen molar-refractivity contribution >= 4 is 21.6 Å². The largest absolute Gasteiger partial charge is 0.490 e. The summed E-state index contributed by atoms with van der Waals surface area (Å²) in [6.07, 6.45) is 0.702. The molecule has 54 heavy (non-hydrogen) atoms. The summed E-state index contributed by atoms with van der Waals surface area (Å²) in [5.41, 5.74) is 4.93. The SMILES string of the molecule is CCOC(C)COCc1ccc([C@H]2C[C@H](CC(=O)N(C)OC)N(S(=O)(=O)c3ccc(C)cc3)C[C@@H]2OCc2ccc3c(c2)N(CCCOC)CCO3)cc1. The molecule has 0 saturated carbocycles. The molecule has 0 spiro atoms. The highest BCUT2D eigenvalue weighted by molar-refractivity contribution is 7.89. The predicted molar refractivity (Wildman–Crippen MR) is 207 cm³/mol. The van der Waals surface area contributed by atoms with Crippen molar-refractivity contribution in [3.05, 3.63) is 89.0 Å². The van der Waals surface area contributed by atoms with E-state index in [-0.39, 0.29) is 42.4 Å². The summed E-state index contributed by atoms with van der Waals surface area (Å²) < 4.78 is 59.8. The van der Waals surface area contributed by atoms with Crippen LogP contribution in [0.4, 0.5) is 5.69 Å². The fourth-order valence-electron chi connectivity index (χ4n) is 7.07. The van der Waals surface area contributed by atoms with Crippen LogP contribution in [0.5, 0.6) is 5.75 Å². The van der Waals surface area contributed by atoms with Crippen molar-refractivity contribution in [3.8, 4) is 5.75 Å². The smallest absolute Gasteiger partial charge is 0.247 e. The molecule has 2 aliphatic rings. The Bertz CT molecular complexity index is 1740. The van der Waals surface area contributed by atoms with E-state index in [0.717, 1.165) is 58.3 Å². The zero-order valence-corrected chi connectivity index (χ0v) is 33.4. The second-order valence-electron chi connectivity index (χ2n) is 14.0. The molecule has 2 heterocycles. The topological polar surface area (TPSA) is 116 Å². The molecule has 13 heteroatoms. The van der Waals surface area contributed by atoms with Gasteiger partial charge in [-0.25, -0.2) is 13.5 Å². The number of ether oxygens (including phenoxy) is 5. The molecule has 296 valence electrons. The zero-order valence-electron chi connectivity index (χ0n) is 32.6. The van der Waals surface area contributed by atoms with Gasteiger partial charge in [-0.2, -0.15) is 4.31 Å². The molecule has 2 aliphatic heterocycles. The van der Waals surface area contributed by atoms with E-state index in [1.807, 2.05) is 45.0 Å². The lowest BCUT2D eigenvalue weighted by atomic mass is 9.83. The summed E-state index contributed by atoms with van der Waals surface area (Å²) in [4.78, 5) is 21.0. The van der Waals surface area contributed by atoms with Crippen molar-refractivity contribution in [2.45, 2.75) is 82.3 Å². The lowest BCUT2D eigenvalue weighted by molar-refractivity contribution is -0.170. The maximum atomic E-state index is 14.4. The van der Waals surface area contributed by atoms with Crippen molar-refractivity contribution in [1.82, 2.24) is 9.37 Å². The lowest BCUT2D eigenvalue weighted by Gasteiger charge is -2.43. The number of amides is 1. The highest BCUT2D eigenvalue weighted by atomic mass is 32.2. The number of benzene rings is 3. The van der Waals surface area contributed by atoms with Crippen LogP contribution in [0.2, 0.25) is 0 Å². The Labute approximate surface area is 321 Å². The van der Waals surface area contributed by atoms with E-state index < -0.39 is 22.2 Å². The molecule has 0 N–H and O–H groups in total. The Morgan fingerprint density at radius 3 is 2.46 bits per heavy atom. The summed E-state index contributed by atoms with van der Waals surface area (Å²) in [5.74, 6) is 0.308. The average Bonchev–Trinajstić information content (AvgIpc) is 3.17. The van der Waals surface area contributed by atoms with E-state index in [4.69, 9.17) is 28.5 Å². The van der Waals surface area contributed by atoms with Crippen LogP contribution in [0, 0.1) is 6.92 Å². The van der Waals surface area contributed by atoms with E-state index in [1.54, 1.807) is 31.4 Å². The number of hydrogen-bond donors (Lipinski definition) is 0. The Balaban J connectivity index is 1.44. The molecule has 4 atom stereocenters. The van der Waals surface area contributed by atoms with Gasteiger partial charge in [0, 0.05) is 58.8 Å². The number of rotatable bonds is 19. The minimum Gasteiger partial charge on any atom is -0.490 e. The summed E-state index contributed by atoms with van der Waals surface area (Å²) in [5, 5.41) is 1.15. The third-order valence-electron chi connectivity index (χ3n) is 10.1. The summed E-state index contributed by atoms with van der Waals surface area (Å²) in [6, 6.07) is 20.4. The molecule has 0 aromatic heterocycles. The van der Waals surface area contributed by atoms with Crippen molar-refractivity contribution in [3.63, 3.8) is 0 Å². The van der Waals surface area contributed by atoms with Crippen LogP contribution in [0.1, 0.15) is 61.3 Å². The molecule has 1 fully saturated rings. The van der Waals surface area contributed by atoms with Crippen molar-refractivity contribution in [2.75, 3.05) is 72.2 Å². The van der Waals surface area contributed by atoms with Crippen LogP contribution in [0.25, 0.3) is 0 Å². The van der Waals surface area contributed by atoms with Crippen LogP contribution in [-0.2, 0) is 51.8 Å². The minimum absolute atomic E-state index is 0.00623. The average molecular weight is 768 g/mol. The van der Waals surface area contributed by atoms with Gasteiger partial charge < -0.3 is 28.6 Å². The number of aryl methyl sites for hydroxylation is 1. The van der Waals surface area contributed by atoms with E-state index in [2.05, 4.69) is 23.1 Å². The number of carbonyl (C=O) groups excluding carboxylic acids is 1. The quantitative estimate of drug-likeness (QED) is 0.111. The number of carbonyl (C=O) groups is 1. The van der Waals surface area contributed by atoms with Gasteiger partial charge in [-0.05, 0) is 74.6 Å². The van der Waals surface area contributed by atoms with Gasteiger partial charge in [0.2, 0.25) is 15.9 Å². The maximum Gasteiger partial charge on any atom is 0.247 e. The fraction of sp³-hybridized carbons (Fsp3) is 0.537. The normalized spacial score (nSPS) is 19.6. The van der Waals surface area contributed by atoms with Gasteiger partial charge >= 0.3 is 0 Å². The van der Waals surface area contributed by atoms with Gasteiger partial charge in [-0.1, -0.05) is 48.0 Å². The lowest BCUT2D eigenvalue weighted by Crippen LogP contribution is -2.53. The standard InChI is InChI=1S/C41H57N3O9S/c1-7-51-31(3)27-50-28-32-11-14-34(15-12-32)37-24-35(25-41(45)42(4)49-6)44(54(46,47)36-16-9-30(2)10-17-36)26-40(37)53-29-33-13-18-39-38(23-33)43(20-22-52-39)19-8-21-48-5/h9-18,23,31,35,37,40H,7-8,19-22,24-29H2,1-6H3/t31?,35-,37-,40+/m1/s1. The summed E-state index contributed by atoms with van der Waals surface area (Å²) in [6.45, 7) is 10.7. The number of hydroxylamine groups is 2. The van der Waals surface area contributed by atoms with Gasteiger partial charge in [-0.3, -0.25) is 9.63 Å². The van der Waals surface area contributed by atoms with Crippen molar-refractivity contribution < 1.29 is 41.7 Å². The highest BCUT2D eigenvalue weighted by Crippen LogP contribution is 2.39. The van der Waals surface area contributed by atoms with Gasteiger partial charge in [0.1, 0.15) is 12.4 Å². The Kier molecular flexibility index (Phi) is 15.3. The second-order valence-corrected chi connectivity index (χ2v) is 15.9. The zero-order chi connectivity index (χ0) is 38.7. The second kappa shape index (κ2) is 19.9. The van der Waals surface area contributed by atoms with Gasteiger partial charge in [-0.15, -0.1) is 0 Å². The van der Waals surface area contributed by atoms with Crippen LogP contribution >= 0.6 is 0 Å². The predicted octanol–water partition coefficient (Wildman–Crippen LogP) is 5.71. The molecule has 0 aliphatic carbocycles. The molecule has 3 aromatic carbocycles. The molecule has 5 rings (SSSR count). The highest BCUT2D eigenvalue weighted by Gasteiger charge is 2.44. The number of fused-ring (bicyclic) bond motifs is 1. The third-order valence-corrected chi connectivity index (χ3v) is 12.0. The number of hydrogen-bond acceptors (Lipinski definition) is 10. The van der Waals surface area contributed by atoms with Crippen molar-refractivity contribution in [2.24, 2.45) is 0 Å². The molecule has 0 radical (unpaired) electrons. The Morgan fingerprint density at radius 2 is 1.76 bits per heavy atom. The maximum absolute atomic E-state index is 14.4. The van der Waals surface area contributed by atoms with Crippen LogP contribution in [0.3, 0.4) is 0 Å². The first-order chi connectivity index (χ1) is 26.0. The van der Waals surface area contributed by atoms with Crippen LogP contribution < -0.4 is 9.64 Å². The first-order valence-corrected chi connectivity index (χ1v) is 20.3. The Hall–Kier alpha value is -3.56. The Morgan fingerprint density at radius 1 is 1.02 bits per heavy atom. The third kappa shape index (κ3) is 10.8. The molecule has 1 unspecified atom stereocenters. The molecular formula is C41H57N3O9S. The van der Waals surface area contributed by atoms with Crippen LogP contribution in [-0.4, -0.2) is 109 Å². The van der Waals surface area contributed by atoms with Gasteiger partial charge in [0.25, 0.3) is 0 Å². The van der Waals surface area contributed by atoms with Crippen LogP contribution in [0.15, 0.2) is 71.6 Å². The van der Waals surface area contributed by atoms with Crippen molar-refractivity contribution in [1.29, 1.82) is 0 Å². The fourth-order valence-corrected chi connectivity index (χ4v) is 8.72. The number of sulfonamides is 1. The number of piperidine rings is 1. The molecule has 1 amide bonds. The van der Waals surface area contributed by atoms with Gasteiger partial charge in [0.15, 0.2) is 0 Å².